The molecule has 0 spiro atoms. The van der Waals surface area contributed by atoms with Gasteiger partial charge in [0.05, 0.1) is 16.7 Å². The molecule has 3 heterocycles. The summed E-state index contributed by atoms with van der Waals surface area (Å²) in [5.74, 6) is 0. The highest BCUT2D eigenvalue weighted by atomic mass is 16.3. The molecule has 0 unspecified atom stereocenters. The zero-order valence-electron chi connectivity index (χ0n) is 29.8. The van der Waals surface area contributed by atoms with Crippen molar-refractivity contribution in [3.05, 3.63) is 169 Å². The van der Waals surface area contributed by atoms with E-state index in [0.29, 0.717) is 0 Å². The molecule has 0 fully saturated rings. The summed E-state index contributed by atoms with van der Waals surface area (Å²) in [7, 11) is 0. The van der Waals surface area contributed by atoms with Crippen LogP contribution in [0.5, 0.6) is 0 Å². The number of nitrogens with zero attached hydrogens (tertiary/aromatic N) is 2. The standard InChI is InChI=1S/C51H32N2O/c1-51(2)40-19-9-7-17-36(40)47-41(51)28-39(46-38-18-8-10-20-43(38)54-50(46)47)35-24-25-37(42-26-23-30-22-21-29-12-11-27-52-48(29)49(30)53-42)45-34-16-6-4-14-32(34)31-13-3-5-15-33(31)44(35)45/h3-28H,1-2H3. The summed E-state index contributed by atoms with van der Waals surface area (Å²) in [6, 6.07) is 54.9. The highest BCUT2D eigenvalue weighted by molar-refractivity contribution is 6.33. The number of rotatable bonds is 2. The molecule has 1 aliphatic carbocycles. The van der Waals surface area contributed by atoms with Gasteiger partial charge in [0.1, 0.15) is 11.2 Å². The Hall–Kier alpha value is -6.84. The van der Waals surface area contributed by atoms with Gasteiger partial charge in [0.2, 0.25) is 0 Å². The van der Waals surface area contributed by atoms with Gasteiger partial charge in [-0.2, -0.15) is 0 Å². The molecule has 252 valence electrons. The summed E-state index contributed by atoms with van der Waals surface area (Å²) in [6.07, 6.45) is 1.86. The summed E-state index contributed by atoms with van der Waals surface area (Å²) in [5, 5.41) is 11.8. The molecule has 11 aromatic rings. The summed E-state index contributed by atoms with van der Waals surface area (Å²) >= 11 is 0. The lowest BCUT2D eigenvalue weighted by Gasteiger charge is -2.23. The van der Waals surface area contributed by atoms with E-state index >= 15 is 0 Å². The number of hydrogen-bond acceptors (Lipinski definition) is 3. The van der Waals surface area contributed by atoms with E-state index in [1.165, 1.54) is 65.7 Å². The number of aromatic nitrogens is 2. The van der Waals surface area contributed by atoms with Gasteiger partial charge in [-0.1, -0.05) is 141 Å². The first-order chi connectivity index (χ1) is 26.6. The van der Waals surface area contributed by atoms with E-state index in [1.54, 1.807) is 0 Å². The van der Waals surface area contributed by atoms with E-state index in [0.717, 1.165) is 55.0 Å². The van der Waals surface area contributed by atoms with Gasteiger partial charge in [0, 0.05) is 49.7 Å². The second-order valence-corrected chi connectivity index (χ2v) is 15.2. The van der Waals surface area contributed by atoms with Gasteiger partial charge in [-0.15, -0.1) is 0 Å². The average molecular weight is 689 g/mol. The van der Waals surface area contributed by atoms with Crippen LogP contribution >= 0.6 is 0 Å². The molecule has 0 amide bonds. The zero-order valence-corrected chi connectivity index (χ0v) is 29.8. The maximum absolute atomic E-state index is 6.93. The molecule has 3 aromatic heterocycles. The molecule has 3 nitrogen and oxygen atoms in total. The molecule has 0 saturated heterocycles. The third-order valence-electron chi connectivity index (χ3n) is 12.1. The van der Waals surface area contributed by atoms with Crippen molar-refractivity contribution in [2.75, 3.05) is 0 Å². The minimum absolute atomic E-state index is 0.204. The number of pyridine rings is 2. The second kappa shape index (κ2) is 10.6. The normalized spacial score (nSPS) is 13.5. The molecular weight excluding hydrogens is 657 g/mol. The van der Waals surface area contributed by atoms with Gasteiger partial charge in [-0.05, 0) is 79.0 Å². The minimum atomic E-state index is -0.204. The predicted molar refractivity (Wildman–Crippen MR) is 225 cm³/mol. The van der Waals surface area contributed by atoms with Crippen LogP contribution in [-0.4, -0.2) is 9.97 Å². The molecule has 0 radical (unpaired) electrons. The van der Waals surface area contributed by atoms with Crippen LogP contribution in [0.4, 0.5) is 0 Å². The molecule has 1 aliphatic rings. The summed E-state index contributed by atoms with van der Waals surface area (Å²) in [4.78, 5) is 10.2. The number of furan rings is 1. The van der Waals surface area contributed by atoms with Crippen molar-refractivity contribution in [1.82, 2.24) is 9.97 Å². The fourth-order valence-electron chi connectivity index (χ4n) is 9.61. The van der Waals surface area contributed by atoms with E-state index in [1.807, 2.05) is 12.3 Å². The lowest BCUT2D eigenvalue weighted by molar-refractivity contribution is 0.653. The van der Waals surface area contributed by atoms with Crippen molar-refractivity contribution in [3.63, 3.8) is 0 Å². The van der Waals surface area contributed by atoms with Crippen LogP contribution in [0.25, 0.3) is 110 Å². The molecule has 12 rings (SSSR count). The van der Waals surface area contributed by atoms with Crippen LogP contribution < -0.4 is 0 Å². The van der Waals surface area contributed by atoms with Gasteiger partial charge < -0.3 is 4.42 Å². The Bertz CT molecular complexity index is 3420. The Balaban J connectivity index is 1.27. The first-order valence-corrected chi connectivity index (χ1v) is 18.7. The molecule has 54 heavy (non-hydrogen) atoms. The summed E-state index contributed by atoms with van der Waals surface area (Å²) in [6.45, 7) is 4.70. The highest BCUT2D eigenvalue weighted by Gasteiger charge is 2.39. The molecule has 0 aliphatic heterocycles. The van der Waals surface area contributed by atoms with Gasteiger partial charge >= 0.3 is 0 Å². The van der Waals surface area contributed by atoms with Crippen LogP contribution in [-0.2, 0) is 5.41 Å². The van der Waals surface area contributed by atoms with Crippen molar-refractivity contribution in [3.8, 4) is 33.5 Å². The van der Waals surface area contributed by atoms with Crippen LogP contribution in [0.2, 0.25) is 0 Å². The fraction of sp³-hybridized carbons (Fsp3) is 0.0588. The molecule has 8 aromatic carbocycles. The van der Waals surface area contributed by atoms with Crippen LogP contribution in [0, 0.1) is 0 Å². The van der Waals surface area contributed by atoms with Crippen molar-refractivity contribution < 1.29 is 4.42 Å². The van der Waals surface area contributed by atoms with E-state index in [2.05, 4.69) is 159 Å². The van der Waals surface area contributed by atoms with Gasteiger partial charge in [0.25, 0.3) is 0 Å². The first kappa shape index (κ1) is 29.7. The van der Waals surface area contributed by atoms with Gasteiger partial charge in [-0.3, -0.25) is 4.98 Å². The van der Waals surface area contributed by atoms with E-state index in [4.69, 9.17) is 14.4 Å². The van der Waals surface area contributed by atoms with Gasteiger partial charge in [-0.25, -0.2) is 4.98 Å². The molecular formula is C51H32N2O. The van der Waals surface area contributed by atoms with Crippen LogP contribution in [0.1, 0.15) is 25.0 Å². The van der Waals surface area contributed by atoms with Crippen molar-refractivity contribution >= 4 is 76.1 Å². The lowest BCUT2D eigenvalue weighted by atomic mass is 9.80. The first-order valence-electron chi connectivity index (χ1n) is 18.7. The average Bonchev–Trinajstić information content (AvgIpc) is 3.72. The topological polar surface area (TPSA) is 38.9 Å². The molecule has 0 bridgehead atoms. The van der Waals surface area contributed by atoms with E-state index < -0.39 is 0 Å². The second-order valence-electron chi connectivity index (χ2n) is 15.2. The van der Waals surface area contributed by atoms with Gasteiger partial charge in [0.15, 0.2) is 0 Å². The summed E-state index contributed by atoms with van der Waals surface area (Å²) < 4.78 is 6.93. The Morgan fingerprint density at radius 3 is 1.89 bits per heavy atom. The quantitative estimate of drug-likeness (QED) is 0.170. The number of para-hydroxylation sites is 1. The Morgan fingerprint density at radius 1 is 0.463 bits per heavy atom. The molecule has 0 saturated carbocycles. The Kier molecular flexibility index (Phi) is 5.84. The third-order valence-corrected chi connectivity index (χ3v) is 12.1. The largest absolute Gasteiger partial charge is 0.455 e. The summed E-state index contributed by atoms with van der Waals surface area (Å²) in [5.41, 5.74) is 13.0. The number of benzene rings is 8. The number of fused-ring (bicyclic) bond motifs is 16. The van der Waals surface area contributed by atoms with Crippen molar-refractivity contribution in [1.29, 1.82) is 0 Å². The monoisotopic (exact) mass is 688 g/mol. The van der Waals surface area contributed by atoms with E-state index in [-0.39, 0.29) is 5.41 Å². The third kappa shape index (κ3) is 3.85. The lowest BCUT2D eigenvalue weighted by Crippen LogP contribution is -2.15. The zero-order chi connectivity index (χ0) is 35.7. The maximum Gasteiger partial charge on any atom is 0.144 e. The van der Waals surface area contributed by atoms with Crippen molar-refractivity contribution in [2.45, 2.75) is 19.3 Å². The molecule has 0 N–H and O–H groups in total. The smallest absolute Gasteiger partial charge is 0.144 e. The molecule has 0 atom stereocenters. The highest BCUT2D eigenvalue weighted by Crippen LogP contribution is 2.56. The maximum atomic E-state index is 6.93. The predicted octanol–water partition coefficient (Wildman–Crippen LogP) is 13.8. The fourth-order valence-corrected chi connectivity index (χ4v) is 9.61. The van der Waals surface area contributed by atoms with Crippen molar-refractivity contribution in [2.24, 2.45) is 0 Å². The van der Waals surface area contributed by atoms with E-state index in [9.17, 15) is 0 Å². The van der Waals surface area contributed by atoms with Crippen LogP contribution in [0.3, 0.4) is 0 Å². The number of hydrogen-bond donors (Lipinski definition) is 0. The van der Waals surface area contributed by atoms with Crippen LogP contribution in [0.15, 0.2) is 162 Å². The Morgan fingerprint density at radius 2 is 1.09 bits per heavy atom. The Labute approximate surface area is 311 Å². The minimum Gasteiger partial charge on any atom is -0.455 e. The molecule has 3 heteroatoms. The SMILES string of the molecule is CC1(C)c2ccccc2-c2c1cc(-c1ccc(-c3ccc4ccc5cccnc5c4n3)c3c4ccccc4c4ccccc4c13)c1c2oc2ccccc21.